The molecule has 0 radical (unpaired) electrons. The standard InChI is InChI=1S/C12H16N4O3/c1-18-5-4-14-11(17)7-15-12-16-9-6-8(13)2-3-10(9)19-12/h2-3,6H,4-5,7,13H2,1H3,(H,14,17)(H,15,16). The van der Waals surface area contributed by atoms with E-state index in [2.05, 4.69) is 15.6 Å². The number of anilines is 2. The normalized spacial score (nSPS) is 10.6. The van der Waals surface area contributed by atoms with E-state index >= 15 is 0 Å². The van der Waals surface area contributed by atoms with E-state index in [1.165, 1.54) is 0 Å². The molecule has 0 atom stereocenters. The van der Waals surface area contributed by atoms with Crippen molar-refractivity contribution in [3.05, 3.63) is 18.2 Å². The Hall–Kier alpha value is -2.28. The van der Waals surface area contributed by atoms with Crippen LogP contribution in [0.15, 0.2) is 22.6 Å². The van der Waals surface area contributed by atoms with Crippen LogP contribution in [0.4, 0.5) is 11.7 Å². The molecule has 0 spiro atoms. The average molecular weight is 264 g/mol. The molecule has 0 aliphatic heterocycles. The van der Waals surface area contributed by atoms with Gasteiger partial charge in [-0.05, 0) is 18.2 Å². The number of carbonyl (C=O) groups excluding carboxylic acids is 1. The fraction of sp³-hybridized carbons (Fsp3) is 0.333. The maximum atomic E-state index is 11.4. The van der Waals surface area contributed by atoms with Crippen LogP contribution < -0.4 is 16.4 Å². The largest absolute Gasteiger partial charge is 0.424 e. The maximum absolute atomic E-state index is 11.4. The Morgan fingerprint density at radius 1 is 1.53 bits per heavy atom. The fourth-order valence-electron chi connectivity index (χ4n) is 1.53. The maximum Gasteiger partial charge on any atom is 0.296 e. The molecule has 2 aromatic rings. The van der Waals surface area contributed by atoms with Crippen LogP contribution in [-0.4, -0.2) is 37.7 Å². The van der Waals surface area contributed by atoms with Crippen LogP contribution in [0.1, 0.15) is 0 Å². The van der Waals surface area contributed by atoms with Gasteiger partial charge < -0.3 is 25.5 Å². The highest BCUT2D eigenvalue weighted by molar-refractivity contribution is 5.81. The van der Waals surface area contributed by atoms with E-state index in [1.807, 2.05) is 0 Å². The topological polar surface area (TPSA) is 102 Å². The summed E-state index contributed by atoms with van der Waals surface area (Å²) in [5.41, 5.74) is 7.54. The minimum atomic E-state index is -0.154. The summed E-state index contributed by atoms with van der Waals surface area (Å²) < 4.78 is 10.2. The molecule has 7 heteroatoms. The quantitative estimate of drug-likeness (QED) is 0.521. The van der Waals surface area contributed by atoms with Gasteiger partial charge in [-0.25, -0.2) is 0 Å². The molecule has 4 N–H and O–H groups in total. The number of methoxy groups -OCH3 is 1. The number of fused-ring (bicyclic) bond motifs is 1. The van der Waals surface area contributed by atoms with Crippen molar-refractivity contribution < 1.29 is 13.9 Å². The number of hydrogen-bond donors (Lipinski definition) is 3. The van der Waals surface area contributed by atoms with E-state index < -0.39 is 0 Å². The first kappa shape index (κ1) is 13.2. The molecule has 0 unspecified atom stereocenters. The molecule has 0 aliphatic rings. The smallest absolute Gasteiger partial charge is 0.296 e. The third-order valence-electron chi connectivity index (χ3n) is 2.44. The van der Waals surface area contributed by atoms with Gasteiger partial charge in [0.15, 0.2) is 5.58 Å². The molecule has 7 nitrogen and oxygen atoms in total. The molecule has 1 aromatic carbocycles. The molecule has 0 fully saturated rings. The summed E-state index contributed by atoms with van der Waals surface area (Å²) in [5, 5.41) is 5.49. The third kappa shape index (κ3) is 3.59. The highest BCUT2D eigenvalue weighted by atomic mass is 16.5. The highest BCUT2D eigenvalue weighted by Gasteiger charge is 2.07. The van der Waals surface area contributed by atoms with Gasteiger partial charge in [-0.1, -0.05) is 0 Å². The summed E-state index contributed by atoms with van der Waals surface area (Å²) in [7, 11) is 1.58. The van der Waals surface area contributed by atoms with Gasteiger partial charge in [-0.3, -0.25) is 4.79 Å². The minimum Gasteiger partial charge on any atom is -0.424 e. The number of carbonyl (C=O) groups is 1. The monoisotopic (exact) mass is 264 g/mol. The number of nitrogens with one attached hydrogen (secondary N) is 2. The first-order chi connectivity index (χ1) is 9.19. The van der Waals surface area contributed by atoms with Crippen molar-refractivity contribution in [1.82, 2.24) is 10.3 Å². The predicted octanol–water partition coefficient (Wildman–Crippen LogP) is 0.585. The van der Waals surface area contributed by atoms with Crippen LogP contribution >= 0.6 is 0 Å². The molecule has 0 saturated carbocycles. The number of rotatable bonds is 6. The van der Waals surface area contributed by atoms with Crippen LogP contribution in [0.2, 0.25) is 0 Å². The van der Waals surface area contributed by atoms with Crippen molar-refractivity contribution in [2.45, 2.75) is 0 Å². The van der Waals surface area contributed by atoms with Gasteiger partial charge in [0, 0.05) is 19.3 Å². The number of ether oxygens (including phenoxy) is 1. The number of benzene rings is 1. The molecule has 1 amide bonds. The van der Waals surface area contributed by atoms with Crippen LogP contribution in [-0.2, 0) is 9.53 Å². The van der Waals surface area contributed by atoms with Crippen LogP contribution in [0.25, 0.3) is 11.1 Å². The van der Waals surface area contributed by atoms with Gasteiger partial charge in [0.05, 0.1) is 13.2 Å². The van der Waals surface area contributed by atoms with Crippen molar-refractivity contribution in [3.63, 3.8) is 0 Å². The molecule has 102 valence electrons. The molecule has 1 aromatic heterocycles. The Bertz CT molecular complexity index is 567. The second-order valence-electron chi connectivity index (χ2n) is 3.94. The number of nitrogens with zero attached hydrogens (tertiary/aromatic N) is 1. The van der Waals surface area contributed by atoms with Gasteiger partial charge >= 0.3 is 0 Å². The number of amides is 1. The molecular formula is C12H16N4O3. The van der Waals surface area contributed by atoms with Gasteiger partial charge in [0.1, 0.15) is 5.52 Å². The summed E-state index contributed by atoms with van der Waals surface area (Å²) in [6, 6.07) is 5.47. The molecule has 1 heterocycles. The number of nitrogens with two attached hydrogens (primary N) is 1. The Labute approximate surface area is 110 Å². The lowest BCUT2D eigenvalue weighted by Crippen LogP contribution is -2.32. The summed E-state index contributed by atoms with van der Waals surface area (Å²) in [6.07, 6.45) is 0. The van der Waals surface area contributed by atoms with E-state index in [4.69, 9.17) is 14.9 Å². The summed E-state index contributed by atoms with van der Waals surface area (Å²) in [4.78, 5) is 15.6. The van der Waals surface area contributed by atoms with Crippen LogP contribution in [0.3, 0.4) is 0 Å². The van der Waals surface area contributed by atoms with E-state index in [9.17, 15) is 4.79 Å². The third-order valence-corrected chi connectivity index (χ3v) is 2.44. The highest BCUT2D eigenvalue weighted by Crippen LogP contribution is 2.20. The van der Waals surface area contributed by atoms with Gasteiger partial charge in [-0.2, -0.15) is 4.98 Å². The lowest BCUT2D eigenvalue weighted by molar-refractivity contribution is -0.119. The van der Waals surface area contributed by atoms with Gasteiger partial charge in [0.25, 0.3) is 6.01 Å². The van der Waals surface area contributed by atoms with E-state index in [1.54, 1.807) is 25.3 Å². The number of hydrogen-bond acceptors (Lipinski definition) is 6. The zero-order chi connectivity index (χ0) is 13.7. The second-order valence-corrected chi connectivity index (χ2v) is 3.94. The molecular weight excluding hydrogens is 248 g/mol. The molecule has 19 heavy (non-hydrogen) atoms. The Kier molecular flexibility index (Phi) is 4.19. The molecule has 0 aliphatic carbocycles. The zero-order valence-corrected chi connectivity index (χ0v) is 10.6. The van der Waals surface area contributed by atoms with E-state index in [0.29, 0.717) is 36.0 Å². The summed E-state index contributed by atoms with van der Waals surface area (Å²) in [6.45, 7) is 1.04. The van der Waals surface area contributed by atoms with Crippen molar-refractivity contribution in [1.29, 1.82) is 0 Å². The zero-order valence-electron chi connectivity index (χ0n) is 10.6. The number of aromatic nitrogens is 1. The lowest BCUT2D eigenvalue weighted by Gasteiger charge is -2.04. The van der Waals surface area contributed by atoms with Crippen molar-refractivity contribution >= 4 is 28.7 Å². The fourth-order valence-corrected chi connectivity index (χ4v) is 1.53. The van der Waals surface area contributed by atoms with E-state index in [-0.39, 0.29) is 12.5 Å². The van der Waals surface area contributed by atoms with Crippen molar-refractivity contribution in [2.24, 2.45) is 0 Å². The van der Waals surface area contributed by atoms with Gasteiger partial charge in [-0.15, -0.1) is 0 Å². The summed E-state index contributed by atoms with van der Waals surface area (Å²) in [5.74, 6) is -0.154. The van der Waals surface area contributed by atoms with Crippen molar-refractivity contribution in [3.8, 4) is 0 Å². The SMILES string of the molecule is COCCNC(=O)CNc1nc2cc(N)ccc2o1. The first-order valence-electron chi connectivity index (χ1n) is 5.84. The average Bonchev–Trinajstić information content (AvgIpc) is 2.78. The minimum absolute atomic E-state index is 0.0893. The van der Waals surface area contributed by atoms with Crippen LogP contribution in [0, 0.1) is 0 Å². The van der Waals surface area contributed by atoms with Crippen molar-refractivity contribution in [2.75, 3.05) is 37.9 Å². The van der Waals surface area contributed by atoms with Gasteiger partial charge in [0.2, 0.25) is 5.91 Å². The summed E-state index contributed by atoms with van der Waals surface area (Å²) >= 11 is 0. The Balaban J connectivity index is 1.89. The molecule has 0 bridgehead atoms. The second kappa shape index (κ2) is 6.05. The first-order valence-corrected chi connectivity index (χ1v) is 5.84. The Morgan fingerprint density at radius 3 is 3.16 bits per heavy atom. The number of nitrogen functional groups attached to an aromatic ring is 1. The van der Waals surface area contributed by atoms with Crippen LogP contribution in [0.5, 0.6) is 0 Å². The Morgan fingerprint density at radius 2 is 2.37 bits per heavy atom. The number of oxazole rings is 1. The predicted molar refractivity (Wildman–Crippen MR) is 71.8 cm³/mol. The molecule has 0 saturated heterocycles. The van der Waals surface area contributed by atoms with E-state index in [0.717, 1.165) is 0 Å². The lowest BCUT2D eigenvalue weighted by atomic mass is 10.3. The molecule has 2 rings (SSSR count).